The summed E-state index contributed by atoms with van der Waals surface area (Å²) in [4.78, 5) is 22.7. The van der Waals surface area contributed by atoms with Crippen LogP contribution in [0.15, 0.2) is 53.7 Å². The van der Waals surface area contributed by atoms with Crippen LogP contribution in [0.25, 0.3) is 22.4 Å². The minimum atomic E-state index is -0.959. The van der Waals surface area contributed by atoms with Crippen LogP contribution < -0.4 is 15.8 Å². The molecule has 0 aliphatic carbocycles. The lowest BCUT2D eigenvalue weighted by atomic mass is 9.96. The zero-order valence-electron chi connectivity index (χ0n) is 18.2. The van der Waals surface area contributed by atoms with E-state index in [4.69, 9.17) is 0 Å². The van der Waals surface area contributed by atoms with Crippen LogP contribution in [0.2, 0.25) is 0 Å². The van der Waals surface area contributed by atoms with Gasteiger partial charge in [-0.05, 0) is 48.6 Å². The maximum Gasteiger partial charge on any atom is 0.253 e. The van der Waals surface area contributed by atoms with E-state index in [1.807, 2.05) is 11.9 Å². The van der Waals surface area contributed by atoms with E-state index in [0.717, 1.165) is 23.8 Å². The van der Waals surface area contributed by atoms with Crippen molar-refractivity contribution < 1.29 is 13.9 Å². The molecule has 2 bridgehead atoms. The molecule has 2 saturated heterocycles. The first-order valence-corrected chi connectivity index (χ1v) is 11.0. The van der Waals surface area contributed by atoms with Crippen LogP contribution in [0.5, 0.6) is 5.75 Å². The van der Waals surface area contributed by atoms with Crippen LogP contribution in [0.3, 0.4) is 0 Å². The van der Waals surface area contributed by atoms with Gasteiger partial charge in [0.15, 0.2) is 6.80 Å². The van der Waals surface area contributed by atoms with E-state index in [-0.39, 0.29) is 17.8 Å². The van der Waals surface area contributed by atoms with Crippen LogP contribution in [-0.4, -0.2) is 51.0 Å². The number of halogens is 2. The van der Waals surface area contributed by atoms with E-state index in [2.05, 4.69) is 15.3 Å². The third kappa shape index (κ3) is 3.97. The molecule has 4 atom stereocenters. The summed E-state index contributed by atoms with van der Waals surface area (Å²) in [6.45, 7) is -0.891. The van der Waals surface area contributed by atoms with Crippen molar-refractivity contribution in [1.82, 2.24) is 19.9 Å². The molecular weight excluding hydrogens is 428 g/mol. The van der Waals surface area contributed by atoms with Gasteiger partial charge in [-0.2, -0.15) is 0 Å². The van der Waals surface area contributed by atoms with Gasteiger partial charge in [0, 0.05) is 37.0 Å². The molecule has 1 aromatic carbocycles. The summed E-state index contributed by atoms with van der Waals surface area (Å²) in [5.41, 5.74) is 1.71. The maximum atomic E-state index is 14.9. The summed E-state index contributed by atoms with van der Waals surface area (Å²) in [6.07, 6.45) is 6.17. The van der Waals surface area contributed by atoms with E-state index in [1.54, 1.807) is 30.6 Å². The number of nitrogens with one attached hydrogen (secondary N) is 1. The van der Waals surface area contributed by atoms with Gasteiger partial charge in [-0.1, -0.05) is 6.07 Å². The molecule has 0 radical (unpaired) electrons. The van der Waals surface area contributed by atoms with Crippen LogP contribution in [0.1, 0.15) is 19.3 Å². The van der Waals surface area contributed by atoms with Crippen LogP contribution in [0.4, 0.5) is 14.6 Å². The molecule has 7 nitrogen and oxygen atoms in total. The number of hydrogen-bond acceptors (Lipinski definition) is 6. The van der Waals surface area contributed by atoms with Gasteiger partial charge in [0.25, 0.3) is 5.56 Å². The van der Waals surface area contributed by atoms with Crippen molar-refractivity contribution in [3.8, 4) is 28.1 Å². The van der Waals surface area contributed by atoms with Crippen molar-refractivity contribution in [2.24, 2.45) is 0 Å². The van der Waals surface area contributed by atoms with Gasteiger partial charge in [-0.3, -0.25) is 14.3 Å². The molecule has 2 aliphatic rings. The zero-order valence-corrected chi connectivity index (χ0v) is 18.2. The molecule has 172 valence electrons. The molecule has 0 spiro atoms. The largest absolute Gasteiger partial charge is 0.507 e. The maximum absolute atomic E-state index is 14.9. The van der Waals surface area contributed by atoms with Crippen molar-refractivity contribution in [2.75, 3.05) is 11.9 Å². The first-order valence-electron chi connectivity index (χ1n) is 11.0. The fraction of sp³-hybridized carbons (Fsp3) is 0.375. The first kappa shape index (κ1) is 21.5. The number of alkyl halides is 2. The summed E-state index contributed by atoms with van der Waals surface area (Å²) in [5, 5.41) is 13.9. The Morgan fingerprint density at radius 3 is 2.70 bits per heavy atom. The van der Waals surface area contributed by atoms with Crippen molar-refractivity contribution in [2.45, 2.75) is 50.4 Å². The topological polar surface area (TPSA) is 83.3 Å². The lowest BCUT2D eigenvalue weighted by molar-refractivity contribution is 0.176. The Kier molecular flexibility index (Phi) is 5.57. The van der Waals surface area contributed by atoms with E-state index in [9.17, 15) is 18.7 Å². The van der Waals surface area contributed by atoms with Crippen molar-refractivity contribution in [3.05, 3.63) is 59.3 Å². The molecule has 0 saturated carbocycles. The quantitative estimate of drug-likeness (QED) is 0.617. The molecule has 0 amide bonds. The van der Waals surface area contributed by atoms with Crippen molar-refractivity contribution >= 4 is 5.82 Å². The number of aromatic nitrogens is 3. The normalized spacial score (nSPS) is 24.1. The Hall–Kier alpha value is -3.33. The number of phenolic OH excluding ortho intramolecular Hbond substituents is 1. The van der Waals surface area contributed by atoms with Crippen LogP contribution in [-0.2, 0) is 6.80 Å². The second-order valence-corrected chi connectivity index (χ2v) is 8.74. The molecule has 2 aliphatic heterocycles. The fourth-order valence-electron chi connectivity index (χ4n) is 4.87. The molecule has 5 rings (SSSR count). The van der Waals surface area contributed by atoms with Gasteiger partial charge in [0.1, 0.15) is 17.7 Å². The monoisotopic (exact) mass is 453 g/mol. The molecule has 0 unspecified atom stereocenters. The van der Waals surface area contributed by atoms with Crippen LogP contribution in [0, 0.1) is 0 Å². The number of fused-ring (bicyclic) bond motifs is 2. The predicted molar refractivity (Wildman–Crippen MR) is 122 cm³/mol. The first-order chi connectivity index (χ1) is 15.9. The minimum absolute atomic E-state index is 0.0173. The van der Waals surface area contributed by atoms with E-state index in [0.29, 0.717) is 34.2 Å². The Balaban J connectivity index is 1.36. The standard InChI is InChI=1S/C24H25F2N5O2/c1-30(20-10-16-3-5-18(29-16)24(20)26)22-12-27-19(11-28-22)17-4-2-14(8-21(17)32)15-6-7-31(13-25)23(33)9-15/h2,4,6-9,11-12,16,18,20,24,29,32H,3,5,10,13H2,1H3/t16-,18+,20-,24+/m1/s1. The Morgan fingerprint density at radius 1 is 1.18 bits per heavy atom. The summed E-state index contributed by atoms with van der Waals surface area (Å²) in [6, 6.07) is 7.93. The Labute approximate surface area is 189 Å². The van der Waals surface area contributed by atoms with Gasteiger partial charge in [-0.15, -0.1) is 0 Å². The molecular formula is C24H25F2N5O2. The summed E-state index contributed by atoms with van der Waals surface area (Å²) < 4.78 is 28.6. The molecule has 2 fully saturated rings. The highest BCUT2D eigenvalue weighted by Crippen LogP contribution is 2.34. The average molecular weight is 453 g/mol. The highest BCUT2D eigenvalue weighted by atomic mass is 19.1. The number of rotatable bonds is 5. The number of anilines is 1. The number of hydrogen-bond donors (Lipinski definition) is 2. The second kappa shape index (κ2) is 8.55. The van der Waals surface area contributed by atoms with Crippen molar-refractivity contribution in [1.29, 1.82) is 0 Å². The minimum Gasteiger partial charge on any atom is -0.507 e. The molecule has 2 aromatic heterocycles. The zero-order chi connectivity index (χ0) is 23.1. The smallest absolute Gasteiger partial charge is 0.253 e. The SMILES string of the molecule is CN(c1cnc(-c2ccc(-c3ccn(CF)c(=O)c3)cc2O)cn1)[C@@H]1C[C@H]2CC[C@H](N2)[C@@H]1F. The molecule has 2 N–H and O–H groups in total. The Morgan fingerprint density at radius 2 is 2.00 bits per heavy atom. The third-order valence-corrected chi connectivity index (χ3v) is 6.78. The second-order valence-electron chi connectivity index (χ2n) is 8.74. The fourth-order valence-corrected chi connectivity index (χ4v) is 4.87. The molecule has 33 heavy (non-hydrogen) atoms. The lowest BCUT2D eigenvalue weighted by Crippen LogP contribution is -2.55. The number of phenols is 1. The summed E-state index contributed by atoms with van der Waals surface area (Å²) in [7, 11) is 1.84. The van der Waals surface area contributed by atoms with E-state index < -0.39 is 18.5 Å². The van der Waals surface area contributed by atoms with Crippen molar-refractivity contribution in [3.63, 3.8) is 0 Å². The molecule has 3 aromatic rings. The predicted octanol–water partition coefficient (Wildman–Crippen LogP) is 3.27. The highest BCUT2D eigenvalue weighted by Gasteiger charge is 2.43. The number of nitrogens with zero attached hydrogens (tertiary/aromatic N) is 4. The lowest BCUT2D eigenvalue weighted by Gasteiger charge is -2.38. The molecule has 9 heteroatoms. The van der Waals surface area contributed by atoms with E-state index in [1.165, 1.54) is 18.3 Å². The number of pyridine rings is 1. The van der Waals surface area contributed by atoms with Gasteiger partial charge in [0.05, 0.1) is 24.1 Å². The third-order valence-electron chi connectivity index (χ3n) is 6.78. The van der Waals surface area contributed by atoms with Gasteiger partial charge in [0.2, 0.25) is 0 Å². The number of benzene rings is 1. The van der Waals surface area contributed by atoms with Gasteiger partial charge >= 0.3 is 0 Å². The van der Waals surface area contributed by atoms with Gasteiger partial charge < -0.3 is 15.3 Å². The summed E-state index contributed by atoms with van der Waals surface area (Å²) in [5.74, 6) is 0.563. The molecule has 4 heterocycles. The summed E-state index contributed by atoms with van der Waals surface area (Å²) >= 11 is 0. The number of aromatic hydroxyl groups is 1. The van der Waals surface area contributed by atoms with E-state index >= 15 is 0 Å². The Bertz CT molecular complexity index is 1220. The number of piperidine rings is 1. The van der Waals surface area contributed by atoms with Crippen LogP contribution >= 0.6 is 0 Å². The highest BCUT2D eigenvalue weighted by molar-refractivity contribution is 5.74. The average Bonchev–Trinajstić information content (AvgIpc) is 3.24. The van der Waals surface area contributed by atoms with Gasteiger partial charge in [-0.25, -0.2) is 13.8 Å².